The third-order valence-corrected chi connectivity index (χ3v) is 5.39. The Kier molecular flexibility index (Phi) is 5.96. The maximum Gasteiger partial charge on any atom is 0.241 e. The van der Waals surface area contributed by atoms with E-state index in [9.17, 15) is 10.1 Å². The minimum absolute atomic E-state index is 0.00107. The number of carbonyl (C=O) groups is 1. The van der Waals surface area contributed by atoms with Crippen LogP contribution in [-0.2, 0) is 6.54 Å². The molecule has 2 aromatic carbocycles. The average molecular weight is 417 g/mol. The van der Waals surface area contributed by atoms with E-state index in [4.69, 9.17) is 9.26 Å². The van der Waals surface area contributed by atoms with Gasteiger partial charge in [0.05, 0.1) is 25.3 Å². The summed E-state index contributed by atoms with van der Waals surface area (Å²) in [5, 5.41) is 13.3. The molecule has 0 radical (unpaired) electrons. The minimum atomic E-state index is -0.00107. The lowest BCUT2D eigenvalue weighted by atomic mass is 10.0. The molecule has 8 nitrogen and oxygen atoms in total. The molecule has 1 fully saturated rings. The SMILES string of the molecule is COc1ccc(-c2noc(CN3CCN(c4cc(C#N)ccc4C(C)=O)CC3)n2)cc1. The summed E-state index contributed by atoms with van der Waals surface area (Å²) < 4.78 is 10.6. The number of methoxy groups -OCH3 is 1. The topological polar surface area (TPSA) is 95.5 Å². The summed E-state index contributed by atoms with van der Waals surface area (Å²) in [4.78, 5) is 20.9. The lowest BCUT2D eigenvalue weighted by Crippen LogP contribution is -2.46. The minimum Gasteiger partial charge on any atom is -0.497 e. The first-order chi connectivity index (χ1) is 15.1. The van der Waals surface area contributed by atoms with Crippen molar-refractivity contribution in [3.8, 4) is 23.2 Å². The van der Waals surface area contributed by atoms with Gasteiger partial charge in [0.2, 0.25) is 11.7 Å². The maximum absolute atomic E-state index is 12.0. The highest BCUT2D eigenvalue weighted by molar-refractivity contribution is 6.00. The number of aromatic nitrogens is 2. The lowest BCUT2D eigenvalue weighted by Gasteiger charge is -2.36. The van der Waals surface area contributed by atoms with E-state index < -0.39 is 0 Å². The van der Waals surface area contributed by atoms with Crippen LogP contribution in [0.5, 0.6) is 5.75 Å². The predicted octanol–water partition coefficient (Wildman–Crippen LogP) is 3.14. The number of benzene rings is 2. The van der Waals surface area contributed by atoms with Gasteiger partial charge in [-0.15, -0.1) is 0 Å². The summed E-state index contributed by atoms with van der Waals surface area (Å²) in [7, 11) is 1.63. The Morgan fingerprint density at radius 1 is 1.16 bits per heavy atom. The molecule has 0 spiro atoms. The number of piperazine rings is 1. The van der Waals surface area contributed by atoms with Crippen molar-refractivity contribution in [1.82, 2.24) is 15.0 Å². The van der Waals surface area contributed by atoms with Gasteiger partial charge in [0.25, 0.3) is 0 Å². The van der Waals surface area contributed by atoms with Crippen molar-refractivity contribution in [2.24, 2.45) is 0 Å². The Bertz CT molecular complexity index is 1110. The quantitative estimate of drug-likeness (QED) is 0.565. The molecular formula is C23H23N5O3. The molecule has 0 atom stereocenters. The summed E-state index contributed by atoms with van der Waals surface area (Å²) in [6.45, 7) is 5.18. The molecule has 0 bridgehead atoms. The van der Waals surface area contributed by atoms with Crippen molar-refractivity contribution in [1.29, 1.82) is 5.26 Å². The number of ether oxygens (including phenoxy) is 1. The molecule has 0 aliphatic carbocycles. The van der Waals surface area contributed by atoms with Crippen LogP contribution in [0, 0.1) is 11.3 Å². The van der Waals surface area contributed by atoms with Gasteiger partial charge in [-0.3, -0.25) is 9.69 Å². The second-order valence-corrected chi connectivity index (χ2v) is 7.40. The summed E-state index contributed by atoms with van der Waals surface area (Å²) in [6.07, 6.45) is 0. The zero-order valence-electron chi connectivity index (χ0n) is 17.5. The number of hydrogen-bond acceptors (Lipinski definition) is 8. The van der Waals surface area contributed by atoms with E-state index in [2.05, 4.69) is 26.0 Å². The van der Waals surface area contributed by atoms with Gasteiger partial charge in [-0.05, 0) is 49.4 Å². The number of hydrogen-bond donors (Lipinski definition) is 0. The third-order valence-electron chi connectivity index (χ3n) is 5.39. The molecule has 1 aromatic heterocycles. The van der Waals surface area contributed by atoms with E-state index in [1.165, 1.54) is 0 Å². The fourth-order valence-corrected chi connectivity index (χ4v) is 3.68. The lowest BCUT2D eigenvalue weighted by molar-refractivity contribution is 0.101. The first-order valence-corrected chi connectivity index (χ1v) is 10.1. The molecule has 1 saturated heterocycles. The predicted molar refractivity (Wildman–Crippen MR) is 115 cm³/mol. The van der Waals surface area contributed by atoms with Crippen LogP contribution in [-0.4, -0.2) is 54.1 Å². The highest BCUT2D eigenvalue weighted by Crippen LogP contribution is 2.25. The van der Waals surface area contributed by atoms with Crippen molar-refractivity contribution in [3.05, 3.63) is 59.5 Å². The number of ketones is 1. The Morgan fingerprint density at radius 3 is 2.55 bits per heavy atom. The van der Waals surface area contributed by atoms with Gasteiger partial charge in [0.1, 0.15) is 5.75 Å². The molecule has 1 aliphatic rings. The molecule has 31 heavy (non-hydrogen) atoms. The van der Waals surface area contributed by atoms with Gasteiger partial charge in [-0.25, -0.2) is 0 Å². The third kappa shape index (κ3) is 4.57. The number of Topliss-reactive ketones (excluding diaryl/α,β-unsaturated/α-hetero) is 1. The number of nitrogens with zero attached hydrogens (tertiary/aromatic N) is 5. The summed E-state index contributed by atoms with van der Waals surface area (Å²) >= 11 is 0. The fraction of sp³-hybridized carbons (Fsp3) is 0.304. The molecule has 4 rings (SSSR count). The first-order valence-electron chi connectivity index (χ1n) is 10.1. The average Bonchev–Trinajstić information content (AvgIpc) is 3.27. The molecule has 0 unspecified atom stereocenters. The van der Waals surface area contributed by atoms with E-state index in [0.717, 1.165) is 43.2 Å². The van der Waals surface area contributed by atoms with Crippen molar-refractivity contribution >= 4 is 11.5 Å². The van der Waals surface area contributed by atoms with E-state index in [1.54, 1.807) is 32.2 Å². The van der Waals surface area contributed by atoms with Crippen LogP contribution in [0.25, 0.3) is 11.4 Å². The van der Waals surface area contributed by atoms with E-state index in [0.29, 0.717) is 29.4 Å². The molecule has 158 valence electrons. The maximum atomic E-state index is 12.0. The van der Waals surface area contributed by atoms with Crippen LogP contribution < -0.4 is 9.64 Å². The van der Waals surface area contributed by atoms with Gasteiger partial charge < -0.3 is 14.2 Å². The van der Waals surface area contributed by atoms with Crippen LogP contribution in [0.2, 0.25) is 0 Å². The Labute approximate surface area is 180 Å². The zero-order valence-corrected chi connectivity index (χ0v) is 17.5. The van der Waals surface area contributed by atoms with Crippen LogP contribution in [0.3, 0.4) is 0 Å². The summed E-state index contributed by atoms with van der Waals surface area (Å²) in [5.41, 5.74) is 2.90. The smallest absolute Gasteiger partial charge is 0.241 e. The Hall–Kier alpha value is -3.70. The van der Waals surface area contributed by atoms with Crippen molar-refractivity contribution in [2.75, 3.05) is 38.2 Å². The van der Waals surface area contributed by atoms with E-state index in [1.807, 2.05) is 24.3 Å². The number of carbonyl (C=O) groups excluding carboxylic acids is 1. The van der Waals surface area contributed by atoms with Crippen LogP contribution in [0.4, 0.5) is 5.69 Å². The van der Waals surface area contributed by atoms with Gasteiger partial charge in [-0.1, -0.05) is 5.16 Å². The number of nitriles is 1. The highest BCUT2D eigenvalue weighted by Gasteiger charge is 2.22. The van der Waals surface area contributed by atoms with Gasteiger partial charge in [0.15, 0.2) is 5.78 Å². The number of anilines is 1. The van der Waals surface area contributed by atoms with Crippen LogP contribution in [0.15, 0.2) is 47.0 Å². The molecule has 0 N–H and O–H groups in total. The molecule has 0 amide bonds. The van der Waals surface area contributed by atoms with E-state index in [-0.39, 0.29) is 5.78 Å². The van der Waals surface area contributed by atoms with E-state index >= 15 is 0 Å². The second kappa shape index (κ2) is 8.98. The van der Waals surface area contributed by atoms with Crippen molar-refractivity contribution in [2.45, 2.75) is 13.5 Å². The van der Waals surface area contributed by atoms with Crippen molar-refractivity contribution in [3.63, 3.8) is 0 Å². The van der Waals surface area contributed by atoms with Gasteiger partial charge in [-0.2, -0.15) is 10.2 Å². The summed E-state index contributed by atoms with van der Waals surface area (Å²) in [5.74, 6) is 1.89. The Morgan fingerprint density at radius 2 is 1.90 bits per heavy atom. The van der Waals surface area contributed by atoms with Crippen LogP contribution in [0.1, 0.15) is 28.7 Å². The highest BCUT2D eigenvalue weighted by atomic mass is 16.5. The molecule has 0 saturated carbocycles. The normalized spacial score (nSPS) is 14.3. The molecule has 2 heterocycles. The number of rotatable bonds is 6. The standard InChI is InChI=1S/C23H23N5O3/c1-16(29)20-8-3-17(14-24)13-21(20)28-11-9-27(10-12-28)15-22-25-23(26-31-22)18-4-6-19(30-2)7-5-18/h3-8,13H,9-12,15H2,1-2H3. The second-order valence-electron chi connectivity index (χ2n) is 7.40. The fourth-order valence-electron chi connectivity index (χ4n) is 3.68. The summed E-state index contributed by atoms with van der Waals surface area (Å²) in [6, 6.07) is 14.9. The first kappa shape index (κ1) is 20.6. The molecule has 8 heteroatoms. The monoisotopic (exact) mass is 417 g/mol. The molecule has 1 aliphatic heterocycles. The van der Waals surface area contributed by atoms with Crippen molar-refractivity contribution < 1.29 is 14.1 Å². The zero-order chi connectivity index (χ0) is 21.8. The largest absolute Gasteiger partial charge is 0.497 e. The Balaban J connectivity index is 1.40. The van der Waals surface area contributed by atoms with Gasteiger partial charge in [0, 0.05) is 43.0 Å². The molecule has 3 aromatic rings. The van der Waals surface area contributed by atoms with Gasteiger partial charge >= 0.3 is 0 Å². The van der Waals surface area contributed by atoms with Crippen LogP contribution >= 0.6 is 0 Å². The molecular weight excluding hydrogens is 394 g/mol.